The highest BCUT2D eigenvalue weighted by atomic mass is 16.6. The third-order valence-electron chi connectivity index (χ3n) is 2.03. The summed E-state index contributed by atoms with van der Waals surface area (Å²) in [6.07, 6.45) is 1.19. The normalized spacial score (nSPS) is 10.2. The summed E-state index contributed by atoms with van der Waals surface area (Å²) in [5, 5.41) is 14.2. The highest BCUT2D eigenvalue weighted by Gasteiger charge is 2.12. The van der Waals surface area contributed by atoms with E-state index in [1.54, 1.807) is 6.07 Å². The maximum atomic E-state index is 10.6. The standard InChI is InChI=1S/C9H7N3O3/c1-6-2-3-7(12(13)14)4-8(6)9-10-5-15-11-9/h2-5H,1H3. The van der Waals surface area contributed by atoms with Gasteiger partial charge in [-0.1, -0.05) is 11.2 Å². The van der Waals surface area contributed by atoms with Gasteiger partial charge in [-0.2, -0.15) is 4.98 Å². The largest absolute Gasteiger partial charge is 0.342 e. The predicted octanol–water partition coefficient (Wildman–Crippen LogP) is 1.95. The van der Waals surface area contributed by atoms with Gasteiger partial charge in [-0.3, -0.25) is 10.1 Å². The number of rotatable bonds is 2. The van der Waals surface area contributed by atoms with Crippen LogP contribution in [0.2, 0.25) is 0 Å². The van der Waals surface area contributed by atoms with Crippen molar-refractivity contribution < 1.29 is 9.45 Å². The average Bonchev–Trinajstić information content (AvgIpc) is 2.71. The van der Waals surface area contributed by atoms with E-state index in [1.807, 2.05) is 6.92 Å². The third kappa shape index (κ3) is 1.69. The molecule has 76 valence electrons. The Morgan fingerprint density at radius 2 is 2.27 bits per heavy atom. The Bertz CT molecular complexity index is 493. The van der Waals surface area contributed by atoms with Crippen LogP contribution in [0, 0.1) is 17.0 Å². The lowest BCUT2D eigenvalue weighted by atomic mass is 10.1. The van der Waals surface area contributed by atoms with Crippen LogP contribution in [0.25, 0.3) is 11.4 Å². The molecule has 0 aliphatic carbocycles. The van der Waals surface area contributed by atoms with Crippen LogP contribution in [0.1, 0.15) is 5.56 Å². The molecule has 6 nitrogen and oxygen atoms in total. The molecule has 0 aliphatic rings. The number of nitro benzene ring substituents is 1. The van der Waals surface area contributed by atoms with Gasteiger partial charge in [0.2, 0.25) is 12.2 Å². The molecular formula is C9H7N3O3. The van der Waals surface area contributed by atoms with Gasteiger partial charge in [-0.15, -0.1) is 0 Å². The fourth-order valence-corrected chi connectivity index (χ4v) is 1.25. The number of nitro groups is 1. The first-order valence-corrected chi connectivity index (χ1v) is 4.20. The Morgan fingerprint density at radius 3 is 2.87 bits per heavy atom. The molecular weight excluding hydrogens is 198 g/mol. The van der Waals surface area contributed by atoms with Crippen LogP contribution < -0.4 is 0 Å². The van der Waals surface area contributed by atoms with Gasteiger partial charge in [-0.25, -0.2) is 0 Å². The zero-order valence-corrected chi connectivity index (χ0v) is 7.88. The maximum Gasteiger partial charge on any atom is 0.270 e. The van der Waals surface area contributed by atoms with Crippen LogP contribution >= 0.6 is 0 Å². The fraction of sp³-hybridized carbons (Fsp3) is 0.111. The molecule has 0 radical (unpaired) electrons. The summed E-state index contributed by atoms with van der Waals surface area (Å²) in [5.41, 5.74) is 1.49. The van der Waals surface area contributed by atoms with Crippen LogP contribution in [0.5, 0.6) is 0 Å². The Kier molecular flexibility index (Phi) is 2.17. The highest BCUT2D eigenvalue weighted by molar-refractivity contribution is 5.62. The van der Waals surface area contributed by atoms with Crippen molar-refractivity contribution in [2.45, 2.75) is 6.92 Å². The van der Waals surface area contributed by atoms with Gasteiger partial charge in [0.05, 0.1) is 4.92 Å². The lowest BCUT2D eigenvalue weighted by Crippen LogP contribution is -1.91. The van der Waals surface area contributed by atoms with Gasteiger partial charge >= 0.3 is 0 Å². The smallest absolute Gasteiger partial charge is 0.270 e. The van der Waals surface area contributed by atoms with Crippen molar-refractivity contribution in [2.75, 3.05) is 0 Å². The minimum Gasteiger partial charge on any atom is -0.342 e. The Balaban J connectivity index is 2.55. The van der Waals surface area contributed by atoms with Gasteiger partial charge in [0, 0.05) is 17.7 Å². The summed E-state index contributed by atoms with van der Waals surface area (Å²) in [4.78, 5) is 14.0. The third-order valence-corrected chi connectivity index (χ3v) is 2.03. The molecule has 0 amide bonds. The molecule has 0 bridgehead atoms. The molecule has 0 spiro atoms. The molecule has 0 N–H and O–H groups in total. The van der Waals surface area contributed by atoms with E-state index < -0.39 is 4.92 Å². The molecule has 0 unspecified atom stereocenters. The van der Waals surface area contributed by atoms with Crippen molar-refractivity contribution >= 4 is 5.69 Å². The first-order valence-electron chi connectivity index (χ1n) is 4.20. The molecule has 0 saturated heterocycles. The van der Waals surface area contributed by atoms with Crippen LogP contribution in [0.3, 0.4) is 0 Å². The van der Waals surface area contributed by atoms with E-state index in [4.69, 9.17) is 0 Å². The molecule has 0 saturated carbocycles. The molecule has 1 aromatic heterocycles. The van der Waals surface area contributed by atoms with E-state index in [0.717, 1.165) is 5.56 Å². The summed E-state index contributed by atoms with van der Waals surface area (Å²) >= 11 is 0. The fourth-order valence-electron chi connectivity index (χ4n) is 1.25. The second-order valence-corrected chi connectivity index (χ2v) is 3.01. The van der Waals surface area contributed by atoms with Crippen molar-refractivity contribution in [1.29, 1.82) is 0 Å². The lowest BCUT2D eigenvalue weighted by molar-refractivity contribution is -0.384. The summed E-state index contributed by atoms with van der Waals surface area (Å²) in [7, 11) is 0. The van der Waals surface area contributed by atoms with Crippen molar-refractivity contribution in [3.8, 4) is 11.4 Å². The summed E-state index contributed by atoms with van der Waals surface area (Å²) in [6, 6.07) is 4.53. The molecule has 0 fully saturated rings. The highest BCUT2D eigenvalue weighted by Crippen LogP contribution is 2.24. The number of hydrogen-bond donors (Lipinski definition) is 0. The Hall–Kier alpha value is -2.24. The van der Waals surface area contributed by atoms with Crippen molar-refractivity contribution in [3.63, 3.8) is 0 Å². The molecule has 2 aromatic rings. The van der Waals surface area contributed by atoms with Gasteiger partial charge in [0.1, 0.15) is 0 Å². The molecule has 1 aromatic carbocycles. The topological polar surface area (TPSA) is 82.1 Å². The molecule has 2 rings (SSSR count). The predicted molar refractivity (Wildman–Crippen MR) is 51.1 cm³/mol. The SMILES string of the molecule is Cc1ccc([N+](=O)[O-])cc1-c1ncon1. The maximum absolute atomic E-state index is 10.6. The minimum atomic E-state index is -0.455. The van der Waals surface area contributed by atoms with Crippen LogP contribution in [0.15, 0.2) is 29.1 Å². The molecule has 0 aliphatic heterocycles. The number of aromatic nitrogens is 2. The summed E-state index contributed by atoms with van der Waals surface area (Å²) in [5.74, 6) is 0.358. The van der Waals surface area contributed by atoms with E-state index in [1.165, 1.54) is 18.5 Å². The molecule has 6 heteroatoms. The number of nitrogens with zero attached hydrogens (tertiary/aromatic N) is 3. The second kappa shape index (κ2) is 3.49. The van der Waals surface area contributed by atoms with E-state index in [2.05, 4.69) is 14.7 Å². The van der Waals surface area contributed by atoms with Gasteiger partial charge < -0.3 is 4.52 Å². The lowest BCUT2D eigenvalue weighted by Gasteiger charge is -1.99. The second-order valence-electron chi connectivity index (χ2n) is 3.01. The molecule has 0 atom stereocenters. The molecule has 1 heterocycles. The Morgan fingerprint density at radius 1 is 1.47 bits per heavy atom. The van der Waals surface area contributed by atoms with E-state index in [0.29, 0.717) is 11.4 Å². The van der Waals surface area contributed by atoms with Crippen LogP contribution in [0.4, 0.5) is 5.69 Å². The first-order chi connectivity index (χ1) is 7.18. The van der Waals surface area contributed by atoms with E-state index >= 15 is 0 Å². The number of non-ortho nitro benzene ring substituents is 1. The van der Waals surface area contributed by atoms with Crippen molar-refractivity contribution in [1.82, 2.24) is 10.1 Å². The summed E-state index contributed by atoms with van der Waals surface area (Å²) < 4.78 is 4.59. The van der Waals surface area contributed by atoms with Gasteiger partial charge in [0.15, 0.2) is 0 Å². The number of aryl methyl sites for hydroxylation is 1. The Labute approximate surface area is 84.7 Å². The number of benzene rings is 1. The van der Waals surface area contributed by atoms with Gasteiger partial charge in [-0.05, 0) is 12.5 Å². The van der Waals surface area contributed by atoms with Crippen LogP contribution in [-0.4, -0.2) is 15.1 Å². The van der Waals surface area contributed by atoms with Gasteiger partial charge in [0.25, 0.3) is 5.69 Å². The van der Waals surface area contributed by atoms with Crippen LogP contribution in [-0.2, 0) is 0 Å². The molecule has 15 heavy (non-hydrogen) atoms. The zero-order valence-electron chi connectivity index (χ0n) is 7.88. The first kappa shape index (κ1) is 9.32. The van der Waals surface area contributed by atoms with E-state index in [-0.39, 0.29) is 5.69 Å². The average molecular weight is 205 g/mol. The minimum absolute atomic E-state index is 0.0143. The zero-order chi connectivity index (χ0) is 10.8. The summed E-state index contributed by atoms with van der Waals surface area (Å²) in [6.45, 7) is 1.83. The van der Waals surface area contributed by atoms with E-state index in [9.17, 15) is 10.1 Å². The van der Waals surface area contributed by atoms with Crippen molar-refractivity contribution in [2.24, 2.45) is 0 Å². The number of hydrogen-bond acceptors (Lipinski definition) is 5. The quantitative estimate of drug-likeness (QED) is 0.552. The van der Waals surface area contributed by atoms with Crippen molar-refractivity contribution in [3.05, 3.63) is 40.3 Å². The monoisotopic (exact) mass is 205 g/mol.